The van der Waals surface area contributed by atoms with E-state index in [4.69, 9.17) is 5.73 Å². The number of allylic oxidation sites excluding steroid dienone is 1. The van der Waals surface area contributed by atoms with E-state index >= 15 is 0 Å². The third-order valence-corrected chi connectivity index (χ3v) is 5.29. The van der Waals surface area contributed by atoms with Gasteiger partial charge in [-0.1, -0.05) is 12.7 Å². The second-order valence-corrected chi connectivity index (χ2v) is 7.71. The van der Waals surface area contributed by atoms with Crippen LogP contribution in [0.3, 0.4) is 0 Å². The molecular weight excluding hydrogens is 424 g/mol. The maximum Gasteiger partial charge on any atom is 0.262 e. The molecule has 178 valence electrons. The Morgan fingerprint density at radius 1 is 1.27 bits per heavy atom. The number of carbonyl (C=O) groups is 4. The van der Waals surface area contributed by atoms with Crippen LogP contribution in [0.2, 0.25) is 0 Å². The van der Waals surface area contributed by atoms with Crippen LogP contribution in [0.4, 0.5) is 0 Å². The Kier molecular flexibility index (Phi) is 9.74. The fourth-order valence-electron chi connectivity index (χ4n) is 3.44. The average Bonchev–Trinajstić information content (AvgIpc) is 3.35. The molecule has 0 aromatic carbocycles. The third kappa shape index (κ3) is 6.72. The number of aldehydes is 1. The van der Waals surface area contributed by atoms with Crippen LogP contribution in [0.25, 0.3) is 0 Å². The van der Waals surface area contributed by atoms with E-state index in [1.165, 1.54) is 13.1 Å². The van der Waals surface area contributed by atoms with Crippen LogP contribution in [0.15, 0.2) is 48.1 Å². The standard InChI is InChI=1S/C23H32N6O4/c1-4-19-20(23(33)29(22(19)32)18(14-30)7-8-21(31)25-3)11-16(2)26-12-17-13-28(15-27-17)10-6-5-9-24/h4,11,13-15,18,26H,1,5-10,12,24H2,2-3H3,(H,25,31)/b16-11+. The molecule has 0 saturated heterocycles. The lowest BCUT2D eigenvalue weighted by molar-refractivity contribution is -0.143. The van der Waals surface area contributed by atoms with Gasteiger partial charge in [0.15, 0.2) is 0 Å². The summed E-state index contributed by atoms with van der Waals surface area (Å²) in [6.45, 7) is 7.36. The number of nitrogens with zero attached hydrogens (tertiary/aromatic N) is 3. The highest BCUT2D eigenvalue weighted by atomic mass is 16.2. The van der Waals surface area contributed by atoms with Crippen molar-refractivity contribution < 1.29 is 19.2 Å². The molecule has 0 spiro atoms. The molecule has 0 fully saturated rings. The number of unbranched alkanes of at least 4 members (excludes halogenated alkanes) is 1. The summed E-state index contributed by atoms with van der Waals surface area (Å²) in [5, 5.41) is 5.64. The van der Waals surface area contributed by atoms with Crippen LogP contribution in [0.1, 0.15) is 38.3 Å². The monoisotopic (exact) mass is 456 g/mol. The smallest absolute Gasteiger partial charge is 0.262 e. The molecule has 0 aliphatic carbocycles. The Balaban J connectivity index is 2.07. The molecule has 3 amide bonds. The van der Waals surface area contributed by atoms with Gasteiger partial charge < -0.3 is 25.7 Å². The second-order valence-electron chi connectivity index (χ2n) is 7.71. The lowest BCUT2D eigenvalue weighted by Crippen LogP contribution is -2.42. The first kappa shape index (κ1) is 25.7. The number of nitrogens with two attached hydrogens (primary N) is 1. The molecule has 10 nitrogen and oxygen atoms in total. The summed E-state index contributed by atoms with van der Waals surface area (Å²) in [4.78, 5) is 54.1. The number of aryl methyl sites for hydroxylation is 1. The molecule has 0 bridgehead atoms. The van der Waals surface area contributed by atoms with Crippen LogP contribution in [-0.2, 0) is 32.3 Å². The lowest BCUT2D eigenvalue weighted by Gasteiger charge is -2.21. The van der Waals surface area contributed by atoms with Gasteiger partial charge in [0.25, 0.3) is 11.8 Å². The maximum absolute atomic E-state index is 13.0. The first-order valence-electron chi connectivity index (χ1n) is 10.9. The van der Waals surface area contributed by atoms with Crippen molar-refractivity contribution in [2.24, 2.45) is 5.73 Å². The Morgan fingerprint density at radius 2 is 2.00 bits per heavy atom. The number of hydrogen-bond donors (Lipinski definition) is 3. The molecule has 2 rings (SSSR count). The summed E-state index contributed by atoms with van der Waals surface area (Å²) in [6.07, 6.45) is 9.10. The van der Waals surface area contributed by atoms with E-state index in [1.54, 1.807) is 19.3 Å². The van der Waals surface area contributed by atoms with Crippen molar-refractivity contribution >= 4 is 24.0 Å². The van der Waals surface area contributed by atoms with Crippen molar-refractivity contribution in [2.45, 2.75) is 51.7 Å². The van der Waals surface area contributed by atoms with Gasteiger partial charge in [0.2, 0.25) is 5.91 Å². The van der Waals surface area contributed by atoms with Gasteiger partial charge in [-0.2, -0.15) is 0 Å². The molecule has 1 aromatic rings. The average molecular weight is 457 g/mol. The molecule has 0 radical (unpaired) electrons. The van der Waals surface area contributed by atoms with Crippen LogP contribution >= 0.6 is 0 Å². The molecule has 2 heterocycles. The summed E-state index contributed by atoms with van der Waals surface area (Å²) >= 11 is 0. The van der Waals surface area contributed by atoms with Crippen molar-refractivity contribution in [2.75, 3.05) is 13.6 Å². The Labute approximate surface area is 193 Å². The number of aromatic nitrogens is 2. The summed E-state index contributed by atoms with van der Waals surface area (Å²) < 4.78 is 2.00. The highest BCUT2D eigenvalue weighted by molar-refractivity contribution is 6.22. The van der Waals surface area contributed by atoms with E-state index in [0.29, 0.717) is 25.1 Å². The fraction of sp³-hybridized carbons (Fsp3) is 0.435. The summed E-state index contributed by atoms with van der Waals surface area (Å²) in [6, 6.07) is -1.03. The molecule has 0 saturated carbocycles. The van der Waals surface area contributed by atoms with Gasteiger partial charge in [0.1, 0.15) is 6.29 Å². The Morgan fingerprint density at radius 3 is 2.64 bits per heavy atom. The number of carbonyl (C=O) groups excluding carboxylic acids is 4. The molecular formula is C23H32N6O4. The molecule has 33 heavy (non-hydrogen) atoms. The van der Waals surface area contributed by atoms with Gasteiger partial charge in [-0.3, -0.25) is 19.3 Å². The molecule has 1 atom stereocenters. The number of hydrogen-bond acceptors (Lipinski definition) is 7. The van der Waals surface area contributed by atoms with Crippen molar-refractivity contribution in [3.8, 4) is 0 Å². The Bertz CT molecular complexity index is 962. The van der Waals surface area contributed by atoms with Crippen LogP contribution in [0.5, 0.6) is 0 Å². The van der Waals surface area contributed by atoms with E-state index in [1.807, 2.05) is 10.8 Å². The minimum Gasteiger partial charge on any atom is -0.383 e. The lowest BCUT2D eigenvalue weighted by atomic mass is 10.1. The zero-order chi connectivity index (χ0) is 24.4. The van der Waals surface area contributed by atoms with Crippen LogP contribution in [-0.4, -0.2) is 58.1 Å². The van der Waals surface area contributed by atoms with Crippen molar-refractivity contribution in [1.82, 2.24) is 25.1 Å². The molecule has 1 aliphatic heterocycles. The highest BCUT2D eigenvalue weighted by Crippen LogP contribution is 2.26. The predicted molar refractivity (Wildman–Crippen MR) is 123 cm³/mol. The second kappa shape index (κ2) is 12.5. The Hall–Kier alpha value is -3.53. The minimum atomic E-state index is -1.03. The predicted octanol–water partition coefficient (Wildman–Crippen LogP) is 0.561. The van der Waals surface area contributed by atoms with E-state index in [2.05, 4.69) is 22.2 Å². The van der Waals surface area contributed by atoms with E-state index in [-0.39, 0.29) is 29.9 Å². The first-order chi connectivity index (χ1) is 15.9. The van der Waals surface area contributed by atoms with E-state index in [9.17, 15) is 19.2 Å². The zero-order valence-electron chi connectivity index (χ0n) is 19.2. The molecule has 4 N–H and O–H groups in total. The van der Waals surface area contributed by atoms with Gasteiger partial charge in [-0.05, 0) is 38.8 Å². The quantitative estimate of drug-likeness (QED) is 0.211. The number of nitrogens with one attached hydrogen (secondary N) is 2. The number of rotatable bonds is 14. The molecule has 1 unspecified atom stereocenters. The first-order valence-corrected chi connectivity index (χ1v) is 10.9. The van der Waals surface area contributed by atoms with Gasteiger partial charge in [-0.25, -0.2) is 4.98 Å². The van der Waals surface area contributed by atoms with Gasteiger partial charge >= 0.3 is 0 Å². The fourth-order valence-corrected chi connectivity index (χ4v) is 3.44. The van der Waals surface area contributed by atoms with E-state index in [0.717, 1.165) is 30.0 Å². The largest absolute Gasteiger partial charge is 0.383 e. The SMILES string of the molecule is C=CC1=C(/C=C(\C)NCc2cn(CCCCN)cn2)C(=O)N(C(C=O)CCC(=O)NC)C1=O. The minimum absolute atomic E-state index is 0.0189. The summed E-state index contributed by atoms with van der Waals surface area (Å²) in [5.41, 5.74) is 7.28. The van der Waals surface area contributed by atoms with Gasteiger partial charge in [-0.15, -0.1) is 0 Å². The van der Waals surface area contributed by atoms with Gasteiger partial charge in [0.05, 0.1) is 35.8 Å². The molecule has 1 aliphatic rings. The van der Waals surface area contributed by atoms with Crippen LogP contribution in [0, 0.1) is 0 Å². The van der Waals surface area contributed by atoms with Crippen molar-refractivity contribution in [3.05, 3.63) is 53.8 Å². The normalized spacial score (nSPS) is 15.1. The maximum atomic E-state index is 13.0. The van der Waals surface area contributed by atoms with Crippen molar-refractivity contribution in [3.63, 3.8) is 0 Å². The molecule has 1 aromatic heterocycles. The summed E-state index contributed by atoms with van der Waals surface area (Å²) in [5.74, 6) is -1.46. The summed E-state index contributed by atoms with van der Waals surface area (Å²) in [7, 11) is 1.48. The van der Waals surface area contributed by atoms with Gasteiger partial charge in [0, 0.05) is 31.9 Å². The topological polar surface area (TPSA) is 139 Å². The number of imidazole rings is 1. The molecule has 10 heteroatoms. The zero-order valence-corrected chi connectivity index (χ0v) is 19.2. The number of imide groups is 1. The highest BCUT2D eigenvalue weighted by Gasteiger charge is 2.40. The third-order valence-electron chi connectivity index (χ3n) is 5.29. The van der Waals surface area contributed by atoms with Crippen LogP contribution < -0.4 is 16.4 Å². The van der Waals surface area contributed by atoms with E-state index < -0.39 is 17.9 Å². The number of amides is 3. The van der Waals surface area contributed by atoms with Crippen molar-refractivity contribution in [1.29, 1.82) is 0 Å².